The van der Waals surface area contributed by atoms with E-state index in [0.29, 0.717) is 13.0 Å². The fourth-order valence-corrected chi connectivity index (χ4v) is 2.98. The number of hydrogen-bond donors (Lipinski definition) is 1. The van der Waals surface area contributed by atoms with E-state index >= 15 is 0 Å². The van der Waals surface area contributed by atoms with E-state index in [-0.39, 0.29) is 11.9 Å². The average Bonchev–Trinajstić information content (AvgIpc) is 2.56. The van der Waals surface area contributed by atoms with Gasteiger partial charge in [0.1, 0.15) is 0 Å². The van der Waals surface area contributed by atoms with E-state index in [0.717, 1.165) is 25.7 Å². The van der Waals surface area contributed by atoms with Gasteiger partial charge in [-0.3, -0.25) is 4.18 Å². The fourth-order valence-electron chi connectivity index (χ4n) is 1.53. The maximum Gasteiger partial charge on any atom is 0.270 e. The van der Waals surface area contributed by atoms with Crippen LogP contribution < -0.4 is 5.73 Å². The van der Waals surface area contributed by atoms with Crippen molar-refractivity contribution in [2.75, 3.05) is 13.2 Å². The molecule has 0 bridgehead atoms. The van der Waals surface area contributed by atoms with Crippen LogP contribution >= 0.6 is 0 Å². The van der Waals surface area contributed by atoms with Crippen LogP contribution in [0.1, 0.15) is 32.1 Å². The van der Waals surface area contributed by atoms with Crippen LogP contribution in [-0.4, -0.2) is 26.8 Å². The minimum atomic E-state index is -3.29. The van der Waals surface area contributed by atoms with Crippen LogP contribution in [0.3, 0.4) is 0 Å². The van der Waals surface area contributed by atoms with Gasteiger partial charge in [-0.1, -0.05) is 12.8 Å². The fraction of sp³-hybridized carbons (Fsp3) is 1.00. The first kappa shape index (κ1) is 10.9. The first-order chi connectivity index (χ1) is 6.17. The molecule has 0 aliphatic heterocycles. The van der Waals surface area contributed by atoms with Gasteiger partial charge in [0.2, 0.25) is 0 Å². The van der Waals surface area contributed by atoms with Gasteiger partial charge in [-0.2, -0.15) is 8.42 Å². The van der Waals surface area contributed by atoms with Crippen LogP contribution in [0.25, 0.3) is 0 Å². The van der Waals surface area contributed by atoms with Gasteiger partial charge >= 0.3 is 0 Å². The Labute approximate surface area is 79.6 Å². The second kappa shape index (κ2) is 4.93. The smallest absolute Gasteiger partial charge is 0.270 e. The molecule has 4 nitrogen and oxygen atoms in total. The highest BCUT2D eigenvalue weighted by Gasteiger charge is 2.29. The molecule has 0 aromatic carbocycles. The van der Waals surface area contributed by atoms with E-state index in [2.05, 4.69) is 0 Å². The van der Waals surface area contributed by atoms with Crippen molar-refractivity contribution in [1.29, 1.82) is 0 Å². The van der Waals surface area contributed by atoms with Crippen molar-refractivity contribution >= 4 is 10.1 Å². The third-order valence-corrected chi connectivity index (χ3v) is 4.09. The Kier molecular flexibility index (Phi) is 4.15. The van der Waals surface area contributed by atoms with Crippen molar-refractivity contribution in [2.24, 2.45) is 5.73 Å². The van der Waals surface area contributed by atoms with Crippen molar-refractivity contribution in [3.8, 4) is 0 Å². The minimum Gasteiger partial charge on any atom is -0.330 e. The summed E-state index contributed by atoms with van der Waals surface area (Å²) in [5, 5.41) is -0.259. The van der Waals surface area contributed by atoms with Crippen molar-refractivity contribution in [2.45, 2.75) is 37.4 Å². The molecule has 0 aromatic rings. The molecular weight excluding hydrogens is 190 g/mol. The molecule has 1 saturated carbocycles. The third-order valence-electron chi connectivity index (χ3n) is 2.31. The zero-order valence-electron chi connectivity index (χ0n) is 7.74. The minimum absolute atomic E-state index is 0.231. The lowest BCUT2D eigenvalue weighted by molar-refractivity contribution is 0.308. The number of rotatable bonds is 5. The summed E-state index contributed by atoms with van der Waals surface area (Å²) >= 11 is 0. The first-order valence-corrected chi connectivity index (χ1v) is 6.22. The quantitative estimate of drug-likeness (QED) is 0.530. The predicted molar refractivity (Wildman–Crippen MR) is 50.8 cm³/mol. The molecule has 0 amide bonds. The lowest BCUT2D eigenvalue weighted by atomic mass is 10.4. The molecule has 0 unspecified atom stereocenters. The maximum atomic E-state index is 11.4. The standard InChI is InChI=1S/C8H17NO3S/c9-6-3-7-12-13(10,11)8-4-1-2-5-8/h8H,1-7,9H2. The highest BCUT2D eigenvalue weighted by atomic mass is 32.2. The first-order valence-electron chi connectivity index (χ1n) is 4.75. The molecule has 0 aromatic heterocycles. The molecule has 13 heavy (non-hydrogen) atoms. The Morgan fingerprint density at radius 2 is 1.92 bits per heavy atom. The lowest BCUT2D eigenvalue weighted by Crippen LogP contribution is -2.21. The van der Waals surface area contributed by atoms with Crippen LogP contribution in [-0.2, 0) is 14.3 Å². The summed E-state index contributed by atoms with van der Waals surface area (Å²) in [4.78, 5) is 0. The van der Waals surface area contributed by atoms with Crippen LogP contribution in [0.4, 0.5) is 0 Å². The molecule has 78 valence electrons. The van der Waals surface area contributed by atoms with Crippen LogP contribution in [0, 0.1) is 0 Å². The maximum absolute atomic E-state index is 11.4. The van der Waals surface area contributed by atoms with Gasteiger partial charge in [-0.25, -0.2) is 0 Å². The number of nitrogens with two attached hydrogens (primary N) is 1. The zero-order chi connectivity index (χ0) is 9.73. The van der Waals surface area contributed by atoms with Crippen molar-refractivity contribution in [3.63, 3.8) is 0 Å². The summed E-state index contributed by atoms with van der Waals surface area (Å²) in [6, 6.07) is 0. The van der Waals surface area contributed by atoms with Gasteiger partial charge in [0, 0.05) is 0 Å². The summed E-state index contributed by atoms with van der Waals surface area (Å²) in [5.74, 6) is 0. The van der Waals surface area contributed by atoms with E-state index in [1.807, 2.05) is 0 Å². The molecule has 1 aliphatic rings. The van der Waals surface area contributed by atoms with E-state index < -0.39 is 10.1 Å². The van der Waals surface area contributed by atoms with Gasteiger partial charge in [-0.15, -0.1) is 0 Å². The molecule has 1 fully saturated rings. The van der Waals surface area contributed by atoms with Crippen LogP contribution in [0.15, 0.2) is 0 Å². The van der Waals surface area contributed by atoms with Gasteiger partial charge in [0.25, 0.3) is 10.1 Å². The van der Waals surface area contributed by atoms with Crippen LogP contribution in [0.2, 0.25) is 0 Å². The zero-order valence-corrected chi connectivity index (χ0v) is 8.55. The summed E-state index contributed by atoms with van der Waals surface area (Å²) < 4.78 is 27.7. The van der Waals surface area contributed by atoms with Gasteiger partial charge < -0.3 is 5.73 Å². The third kappa shape index (κ3) is 3.25. The Hall–Kier alpha value is -0.130. The molecule has 1 rings (SSSR count). The number of hydrogen-bond acceptors (Lipinski definition) is 4. The summed E-state index contributed by atoms with van der Waals surface area (Å²) in [6.07, 6.45) is 4.12. The Morgan fingerprint density at radius 1 is 1.31 bits per heavy atom. The molecule has 0 saturated heterocycles. The molecule has 2 N–H and O–H groups in total. The molecule has 5 heteroatoms. The average molecular weight is 207 g/mol. The van der Waals surface area contributed by atoms with Crippen molar-refractivity contribution < 1.29 is 12.6 Å². The molecule has 0 atom stereocenters. The van der Waals surface area contributed by atoms with Gasteiger partial charge in [0.15, 0.2) is 0 Å². The van der Waals surface area contributed by atoms with Crippen molar-refractivity contribution in [1.82, 2.24) is 0 Å². The monoisotopic (exact) mass is 207 g/mol. The van der Waals surface area contributed by atoms with Crippen LogP contribution in [0.5, 0.6) is 0 Å². The summed E-state index contributed by atoms with van der Waals surface area (Å²) in [6.45, 7) is 0.704. The van der Waals surface area contributed by atoms with Gasteiger partial charge in [0.05, 0.1) is 11.9 Å². The summed E-state index contributed by atoms with van der Waals surface area (Å²) in [5.41, 5.74) is 5.24. The lowest BCUT2D eigenvalue weighted by Gasteiger charge is -2.10. The molecule has 1 aliphatic carbocycles. The molecule has 0 radical (unpaired) electrons. The Bertz CT molecular complexity index is 232. The predicted octanol–water partition coefficient (Wildman–Crippen LogP) is 0.624. The molecule has 0 spiro atoms. The second-order valence-corrected chi connectivity index (χ2v) is 5.25. The molecule has 0 heterocycles. The Balaban J connectivity index is 2.36. The second-order valence-electron chi connectivity index (χ2n) is 3.36. The highest BCUT2D eigenvalue weighted by molar-refractivity contribution is 7.87. The van der Waals surface area contributed by atoms with E-state index in [1.165, 1.54) is 0 Å². The largest absolute Gasteiger partial charge is 0.330 e. The highest BCUT2D eigenvalue weighted by Crippen LogP contribution is 2.25. The van der Waals surface area contributed by atoms with E-state index in [1.54, 1.807) is 0 Å². The van der Waals surface area contributed by atoms with E-state index in [9.17, 15) is 8.42 Å². The SMILES string of the molecule is NCCCOS(=O)(=O)C1CCCC1. The van der Waals surface area contributed by atoms with Gasteiger partial charge in [-0.05, 0) is 25.8 Å². The topological polar surface area (TPSA) is 69.4 Å². The van der Waals surface area contributed by atoms with E-state index in [4.69, 9.17) is 9.92 Å². The molecular formula is C8H17NO3S. The normalized spacial score (nSPS) is 19.5. The Morgan fingerprint density at radius 3 is 2.46 bits per heavy atom. The summed E-state index contributed by atoms with van der Waals surface area (Å²) in [7, 11) is -3.29. The van der Waals surface area contributed by atoms with Crippen molar-refractivity contribution in [3.05, 3.63) is 0 Å².